The molecule has 1 aromatic carbocycles. The van der Waals surface area contributed by atoms with Gasteiger partial charge in [0.1, 0.15) is 0 Å². The predicted octanol–water partition coefficient (Wildman–Crippen LogP) is 5.11. The molecule has 2 rings (SSSR count). The molecule has 0 atom stereocenters. The van der Waals surface area contributed by atoms with Gasteiger partial charge in [0.2, 0.25) is 0 Å². The van der Waals surface area contributed by atoms with Crippen LogP contribution < -0.4 is 5.32 Å². The van der Waals surface area contributed by atoms with Gasteiger partial charge in [0, 0.05) is 11.0 Å². The molecule has 0 radical (unpaired) electrons. The molecule has 5 heteroatoms. The lowest BCUT2D eigenvalue weighted by Gasteiger charge is -2.14. The Morgan fingerprint density at radius 2 is 2.00 bits per heavy atom. The van der Waals surface area contributed by atoms with Crippen LogP contribution >= 0.6 is 27.5 Å². The van der Waals surface area contributed by atoms with Crippen molar-refractivity contribution in [2.45, 2.75) is 47.2 Å². The van der Waals surface area contributed by atoms with E-state index in [1.165, 1.54) is 11.1 Å². The van der Waals surface area contributed by atoms with Crippen molar-refractivity contribution in [3.63, 3.8) is 0 Å². The fraction of sp³-hybridized carbons (Fsp3) is 0.438. The van der Waals surface area contributed by atoms with Crippen molar-refractivity contribution >= 4 is 33.2 Å². The summed E-state index contributed by atoms with van der Waals surface area (Å²) in [6.07, 6.45) is 0.853. The second-order valence-corrected chi connectivity index (χ2v) is 6.40. The van der Waals surface area contributed by atoms with Crippen molar-refractivity contribution in [1.82, 2.24) is 9.78 Å². The first kappa shape index (κ1) is 16.4. The van der Waals surface area contributed by atoms with E-state index in [0.29, 0.717) is 6.54 Å². The van der Waals surface area contributed by atoms with E-state index in [9.17, 15) is 0 Å². The fourth-order valence-electron chi connectivity index (χ4n) is 2.50. The van der Waals surface area contributed by atoms with Crippen LogP contribution in [0, 0.1) is 13.8 Å². The van der Waals surface area contributed by atoms with Crippen molar-refractivity contribution in [3.05, 3.63) is 44.1 Å². The molecule has 0 fully saturated rings. The van der Waals surface area contributed by atoms with E-state index in [4.69, 9.17) is 11.6 Å². The predicted molar refractivity (Wildman–Crippen MR) is 93.2 cm³/mol. The van der Waals surface area contributed by atoms with Gasteiger partial charge in [-0.3, -0.25) is 4.68 Å². The molecule has 3 nitrogen and oxygen atoms in total. The Hall–Kier alpha value is -1.000. The molecule has 0 unspecified atom stereocenters. The Balaban J connectivity index is 2.26. The highest BCUT2D eigenvalue weighted by Crippen LogP contribution is 2.29. The molecule has 0 amide bonds. The summed E-state index contributed by atoms with van der Waals surface area (Å²) in [6, 6.07) is 4.29. The number of aromatic nitrogens is 2. The van der Waals surface area contributed by atoms with Gasteiger partial charge in [-0.05, 0) is 60.3 Å². The largest absolute Gasteiger partial charge is 0.378 e. The first-order valence-corrected chi connectivity index (χ1v) is 8.39. The molecular formula is C16H21BrClN3. The summed E-state index contributed by atoms with van der Waals surface area (Å²) >= 11 is 10.1. The molecule has 0 saturated carbocycles. The van der Waals surface area contributed by atoms with Crippen LogP contribution in [0.2, 0.25) is 5.02 Å². The van der Waals surface area contributed by atoms with Crippen molar-refractivity contribution < 1.29 is 0 Å². The van der Waals surface area contributed by atoms with Crippen LogP contribution in [0.5, 0.6) is 0 Å². The zero-order valence-corrected chi connectivity index (χ0v) is 15.3. The van der Waals surface area contributed by atoms with Gasteiger partial charge in [0.15, 0.2) is 0 Å². The van der Waals surface area contributed by atoms with Crippen LogP contribution in [0.15, 0.2) is 16.6 Å². The highest BCUT2D eigenvalue weighted by atomic mass is 79.9. The number of aryl methyl sites for hydroxylation is 4. The van der Waals surface area contributed by atoms with Gasteiger partial charge < -0.3 is 5.32 Å². The SMILES string of the molecule is CCc1nn(CC)c(CNc2c(C)cc(C)cc2Br)c1Cl. The molecule has 1 heterocycles. The summed E-state index contributed by atoms with van der Waals surface area (Å²) in [5, 5.41) is 8.82. The van der Waals surface area contributed by atoms with E-state index in [0.717, 1.165) is 39.5 Å². The van der Waals surface area contributed by atoms with Crippen LogP contribution in [-0.2, 0) is 19.5 Å². The average molecular weight is 371 g/mol. The monoisotopic (exact) mass is 369 g/mol. The first-order chi connectivity index (χ1) is 9.97. The van der Waals surface area contributed by atoms with Crippen molar-refractivity contribution in [3.8, 4) is 0 Å². The summed E-state index contributed by atoms with van der Waals surface area (Å²) in [7, 11) is 0. The van der Waals surface area contributed by atoms with Gasteiger partial charge in [0.05, 0.1) is 28.6 Å². The van der Waals surface area contributed by atoms with E-state index >= 15 is 0 Å². The van der Waals surface area contributed by atoms with Crippen LogP contribution in [0.3, 0.4) is 0 Å². The summed E-state index contributed by atoms with van der Waals surface area (Å²) in [4.78, 5) is 0. The number of halogens is 2. The third-order valence-corrected chi connectivity index (χ3v) is 4.62. The Morgan fingerprint density at radius 1 is 1.29 bits per heavy atom. The number of nitrogens with zero attached hydrogens (tertiary/aromatic N) is 2. The second-order valence-electron chi connectivity index (χ2n) is 5.17. The minimum Gasteiger partial charge on any atom is -0.378 e. The first-order valence-electron chi connectivity index (χ1n) is 7.22. The third-order valence-electron chi connectivity index (χ3n) is 3.56. The van der Waals surface area contributed by atoms with Crippen molar-refractivity contribution in [2.24, 2.45) is 0 Å². The standard InChI is InChI=1S/C16H21BrClN3/c1-5-13-15(18)14(21(6-2)20-13)9-19-16-11(4)7-10(3)8-12(16)17/h7-8,19H,5-6,9H2,1-4H3. The van der Waals surface area contributed by atoms with E-state index in [1.807, 2.05) is 4.68 Å². The van der Waals surface area contributed by atoms with Crippen LogP contribution in [0.1, 0.15) is 36.4 Å². The van der Waals surface area contributed by atoms with Gasteiger partial charge in [0.25, 0.3) is 0 Å². The molecule has 2 aromatic rings. The summed E-state index contributed by atoms with van der Waals surface area (Å²) in [6.45, 7) is 9.85. The maximum atomic E-state index is 6.44. The number of anilines is 1. The van der Waals surface area contributed by atoms with E-state index in [-0.39, 0.29) is 0 Å². The minimum absolute atomic E-state index is 0.669. The Morgan fingerprint density at radius 3 is 2.57 bits per heavy atom. The van der Waals surface area contributed by atoms with E-state index in [2.05, 4.69) is 66.2 Å². The lowest BCUT2D eigenvalue weighted by atomic mass is 10.1. The van der Waals surface area contributed by atoms with Crippen molar-refractivity contribution in [1.29, 1.82) is 0 Å². The molecular weight excluding hydrogens is 350 g/mol. The van der Waals surface area contributed by atoms with Crippen LogP contribution in [0.4, 0.5) is 5.69 Å². The van der Waals surface area contributed by atoms with Gasteiger partial charge in [-0.15, -0.1) is 0 Å². The highest BCUT2D eigenvalue weighted by molar-refractivity contribution is 9.10. The summed E-state index contributed by atoms with van der Waals surface area (Å²) in [5.74, 6) is 0. The lowest BCUT2D eigenvalue weighted by molar-refractivity contribution is 0.619. The van der Waals surface area contributed by atoms with Gasteiger partial charge in [-0.25, -0.2) is 0 Å². The maximum Gasteiger partial charge on any atom is 0.0868 e. The second kappa shape index (κ2) is 6.84. The molecule has 0 spiro atoms. The summed E-state index contributed by atoms with van der Waals surface area (Å²) < 4.78 is 3.06. The van der Waals surface area contributed by atoms with Gasteiger partial charge in [-0.2, -0.15) is 5.10 Å². The zero-order chi connectivity index (χ0) is 15.6. The highest BCUT2D eigenvalue weighted by Gasteiger charge is 2.14. The van der Waals surface area contributed by atoms with Crippen LogP contribution in [-0.4, -0.2) is 9.78 Å². The number of rotatable bonds is 5. The third kappa shape index (κ3) is 3.43. The minimum atomic E-state index is 0.669. The Bertz CT molecular complexity index is 626. The Labute approximate surface area is 139 Å². The van der Waals surface area contributed by atoms with Crippen molar-refractivity contribution in [2.75, 3.05) is 5.32 Å². The number of hydrogen-bond acceptors (Lipinski definition) is 2. The van der Waals surface area contributed by atoms with Crippen LogP contribution in [0.25, 0.3) is 0 Å². The Kier molecular flexibility index (Phi) is 5.33. The molecule has 21 heavy (non-hydrogen) atoms. The number of hydrogen-bond donors (Lipinski definition) is 1. The zero-order valence-electron chi connectivity index (χ0n) is 12.9. The normalized spacial score (nSPS) is 11.0. The molecule has 114 valence electrons. The topological polar surface area (TPSA) is 29.9 Å². The summed E-state index contributed by atoms with van der Waals surface area (Å²) in [5.41, 5.74) is 5.59. The van der Waals surface area contributed by atoms with E-state index in [1.54, 1.807) is 0 Å². The molecule has 0 aliphatic heterocycles. The number of nitrogens with one attached hydrogen (secondary N) is 1. The molecule has 1 aromatic heterocycles. The maximum absolute atomic E-state index is 6.44. The lowest BCUT2D eigenvalue weighted by Crippen LogP contribution is -2.09. The molecule has 0 saturated heterocycles. The smallest absolute Gasteiger partial charge is 0.0868 e. The molecule has 0 aliphatic rings. The molecule has 0 aliphatic carbocycles. The fourth-order valence-corrected chi connectivity index (χ4v) is 3.65. The van der Waals surface area contributed by atoms with E-state index < -0.39 is 0 Å². The average Bonchev–Trinajstić information content (AvgIpc) is 2.73. The number of benzene rings is 1. The quantitative estimate of drug-likeness (QED) is 0.792. The van der Waals surface area contributed by atoms with Gasteiger partial charge >= 0.3 is 0 Å². The molecule has 1 N–H and O–H groups in total. The molecule has 0 bridgehead atoms. The van der Waals surface area contributed by atoms with Gasteiger partial charge in [-0.1, -0.05) is 24.6 Å².